The Labute approximate surface area is 213 Å². The third-order valence-corrected chi connectivity index (χ3v) is 7.12. The van der Waals surface area contributed by atoms with E-state index in [0.29, 0.717) is 16.7 Å². The molecule has 0 amide bonds. The lowest BCUT2D eigenvalue weighted by Crippen LogP contribution is -2.36. The summed E-state index contributed by atoms with van der Waals surface area (Å²) in [6, 6.07) is 26.9. The first-order valence-electron chi connectivity index (χ1n) is 11.4. The molecule has 0 bridgehead atoms. The van der Waals surface area contributed by atoms with Gasteiger partial charge in [0.1, 0.15) is 5.75 Å². The monoisotopic (exact) mass is 526 g/mol. The van der Waals surface area contributed by atoms with Crippen LogP contribution in [0.5, 0.6) is 5.75 Å². The number of phenolic OH excluding ortho intramolecular Hbond substituents is 1. The Bertz CT molecular complexity index is 1420. The van der Waals surface area contributed by atoms with Crippen molar-refractivity contribution < 1.29 is 26.7 Å². The SMILES string of the molecule is O=S(=O)(Cc1ccccc1)N[C@H](c1ccccc1)[C@H](Nc1cc(C(F)(F)F)ccc1O)c1ccccc1. The molecule has 0 aliphatic carbocycles. The van der Waals surface area contributed by atoms with Crippen LogP contribution >= 0.6 is 0 Å². The number of rotatable bonds is 9. The molecule has 0 unspecified atom stereocenters. The third-order valence-electron chi connectivity index (χ3n) is 5.79. The first-order chi connectivity index (χ1) is 17.6. The summed E-state index contributed by atoms with van der Waals surface area (Å²) in [7, 11) is -3.90. The zero-order chi connectivity index (χ0) is 26.5. The molecule has 0 aromatic heterocycles. The van der Waals surface area contributed by atoms with E-state index in [0.717, 1.165) is 18.2 Å². The van der Waals surface area contributed by atoms with Crippen LogP contribution in [0.15, 0.2) is 109 Å². The molecule has 0 heterocycles. The molecule has 0 aliphatic heterocycles. The highest BCUT2D eigenvalue weighted by atomic mass is 32.2. The number of sulfonamides is 1. The maximum absolute atomic E-state index is 13.4. The maximum atomic E-state index is 13.4. The van der Waals surface area contributed by atoms with E-state index in [1.54, 1.807) is 91.0 Å². The standard InChI is InChI=1S/C28H25F3N2O3S/c29-28(30,31)23-16-17-25(34)24(18-23)32-26(21-12-6-2-7-13-21)27(22-14-8-3-9-15-22)33-37(35,36)19-20-10-4-1-5-11-20/h1-18,26-27,32-34H,19H2/t26-,27-/m1/s1. The van der Waals surface area contributed by atoms with Crippen molar-refractivity contribution in [3.8, 4) is 5.75 Å². The maximum Gasteiger partial charge on any atom is 0.416 e. The van der Waals surface area contributed by atoms with Gasteiger partial charge in [-0.25, -0.2) is 13.1 Å². The van der Waals surface area contributed by atoms with Gasteiger partial charge >= 0.3 is 6.18 Å². The van der Waals surface area contributed by atoms with Gasteiger partial charge in [0, 0.05) is 0 Å². The van der Waals surface area contributed by atoms with E-state index in [1.165, 1.54) is 0 Å². The fourth-order valence-corrected chi connectivity index (χ4v) is 5.41. The molecule has 0 aliphatic rings. The minimum Gasteiger partial charge on any atom is -0.506 e. The van der Waals surface area contributed by atoms with E-state index < -0.39 is 39.6 Å². The number of hydrogen-bond donors (Lipinski definition) is 3. The van der Waals surface area contributed by atoms with Crippen molar-refractivity contribution in [2.45, 2.75) is 24.0 Å². The Morgan fingerprint density at radius 1 is 0.730 bits per heavy atom. The quantitative estimate of drug-likeness (QED) is 0.220. The van der Waals surface area contributed by atoms with Gasteiger partial charge in [0.05, 0.1) is 29.1 Å². The van der Waals surface area contributed by atoms with Crippen LogP contribution in [0, 0.1) is 0 Å². The summed E-state index contributed by atoms with van der Waals surface area (Å²) in [4.78, 5) is 0. The van der Waals surface area contributed by atoms with Crippen LogP contribution < -0.4 is 10.0 Å². The van der Waals surface area contributed by atoms with E-state index >= 15 is 0 Å². The van der Waals surface area contributed by atoms with Crippen molar-refractivity contribution in [3.63, 3.8) is 0 Å². The molecule has 0 fully saturated rings. The molecule has 192 valence electrons. The molecular formula is C28H25F3N2O3S. The van der Waals surface area contributed by atoms with Crippen molar-refractivity contribution in [2.24, 2.45) is 0 Å². The van der Waals surface area contributed by atoms with E-state index in [1.807, 2.05) is 0 Å². The summed E-state index contributed by atoms with van der Waals surface area (Å²) in [6.07, 6.45) is -4.62. The summed E-state index contributed by atoms with van der Waals surface area (Å²) in [6.45, 7) is 0. The highest BCUT2D eigenvalue weighted by Crippen LogP contribution is 2.39. The molecule has 0 saturated carbocycles. The largest absolute Gasteiger partial charge is 0.506 e. The van der Waals surface area contributed by atoms with Gasteiger partial charge < -0.3 is 10.4 Å². The van der Waals surface area contributed by atoms with Gasteiger partial charge in [-0.15, -0.1) is 0 Å². The van der Waals surface area contributed by atoms with Gasteiger partial charge in [-0.3, -0.25) is 0 Å². The van der Waals surface area contributed by atoms with E-state index in [-0.39, 0.29) is 11.4 Å². The average molecular weight is 527 g/mol. The number of phenols is 1. The van der Waals surface area contributed by atoms with E-state index in [9.17, 15) is 26.7 Å². The molecule has 4 aromatic rings. The van der Waals surface area contributed by atoms with Crippen LogP contribution in [0.1, 0.15) is 34.3 Å². The molecule has 4 aromatic carbocycles. The predicted octanol–water partition coefficient (Wildman–Crippen LogP) is 6.43. The van der Waals surface area contributed by atoms with Gasteiger partial charge in [-0.05, 0) is 34.9 Å². The number of halogens is 3. The topological polar surface area (TPSA) is 78.4 Å². The summed E-state index contributed by atoms with van der Waals surface area (Å²) in [5.41, 5.74) is 0.663. The molecule has 9 heteroatoms. The Kier molecular flexibility index (Phi) is 7.85. The Morgan fingerprint density at radius 3 is 1.78 bits per heavy atom. The summed E-state index contributed by atoms with van der Waals surface area (Å²) >= 11 is 0. The number of anilines is 1. The number of hydrogen-bond acceptors (Lipinski definition) is 4. The van der Waals surface area contributed by atoms with Gasteiger partial charge in [-0.1, -0.05) is 91.0 Å². The predicted molar refractivity (Wildman–Crippen MR) is 137 cm³/mol. The van der Waals surface area contributed by atoms with Gasteiger partial charge in [0.2, 0.25) is 10.0 Å². The second-order valence-electron chi connectivity index (χ2n) is 8.51. The van der Waals surface area contributed by atoms with Gasteiger partial charge in [0.25, 0.3) is 0 Å². The van der Waals surface area contributed by atoms with Crippen LogP contribution in [0.25, 0.3) is 0 Å². The molecule has 0 spiro atoms. The van der Waals surface area contributed by atoms with Gasteiger partial charge in [0.15, 0.2) is 0 Å². The van der Waals surface area contributed by atoms with Crippen LogP contribution in [0.2, 0.25) is 0 Å². The Hall–Kier alpha value is -3.82. The number of nitrogens with one attached hydrogen (secondary N) is 2. The van der Waals surface area contributed by atoms with Crippen molar-refractivity contribution in [2.75, 3.05) is 5.32 Å². The minimum absolute atomic E-state index is 0.174. The number of alkyl halides is 3. The van der Waals surface area contributed by atoms with Crippen LogP contribution in [0.3, 0.4) is 0 Å². The van der Waals surface area contributed by atoms with Crippen molar-refractivity contribution in [1.82, 2.24) is 4.72 Å². The Balaban J connectivity index is 1.78. The highest BCUT2D eigenvalue weighted by molar-refractivity contribution is 7.88. The smallest absolute Gasteiger partial charge is 0.416 e. The first-order valence-corrected chi connectivity index (χ1v) is 13.1. The molecule has 0 radical (unpaired) electrons. The average Bonchev–Trinajstić information content (AvgIpc) is 2.88. The second kappa shape index (κ2) is 11.1. The van der Waals surface area contributed by atoms with Crippen LogP contribution in [-0.4, -0.2) is 13.5 Å². The zero-order valence-electron chi connectivity index (χ0n) is 19.6. The third kappa shape index (κ3) is 6.90. The fraction of sp³-hybridized carbons (Fsp3) is 0.143. The van der Waals surface area contributed by atoms with Crippen LogP contribution in [-0.2, 0) is 22.0 Å². The van der Waals surface area contributed by atoms with Crippen molar-refractivity contribution in [3.05, 3.63) is 131 Å². The van der Waals surface area contributed by atoms with E-state index in [2.05, 4.69) is 10.0 Å². The summed E-state index contributed by atoms with van der Waals surface area (Å²) in [5, 5.41) is 13.4. The Morgan fingerprint density at radius 2 is 1.24 bits per heavy atom. The molecule has 2 atom stereocenters. The molecule has 4 rings (SSSR count). The molecular weight excluding hydrogens is 501 g/mol. The molecule has 5 nitrogen and oxygen atoms in total. The fourth-order valence-electron chi connectivity index (χ4n) is 4.03. The van der Waals surface area contributed by atoms with Gasteiger partial charge in [-0.2, -0.15) is 13.2 Å². The highest BCUT2D eigenvalue weighted by Gasteiger charge is 2.33. The number of benzene rings is 4. The normalized spacial score (nSPS) is 13.6. The number of aromatic hydroxyl groups is 1. The molecule has 37 heavy (non-hydrogen) atoms. The summed E-state index contributed by atoms with van der Waals surface area (Å²) in [5.74, 6) is -0.680. The first kappa shape index (κ1) is 26.2. The molecule has 0 saturated heterocycles. The van der Waals surface area contributed by atoms with Crippen LogP contribution in [0.4, 0.5) is 18.9 Å². The lowest BCUT2D eigenvalue weighted by molar-refractivity contribution is -0.137. The summed E-state index contributed by atoms with van der Waals surface area (Å²) < 4.78 is 69.6. The zero-order valence-corrected chi connectivity index (χ0v) is 20.4. The van der Waals surface area contributed by atoms with Crippen molar-refractivity contribution in [1.29, 1.82) is 0 Å². The van der Waals surface area contributed by atoms with E-state index in [4.69, 9.17) is 0 Å². The lowest BCUT2D eigenvalue weighted by Gasteiger charge is -2.31. The van der Waals surface area contributed by atoms with Crippen molar-refractivity contribution >= 4 is 15.7 Å². The minimum atomic E-state index is -4.62. The molecule has 3 N–H and O–H groups in total. The second-order valence-corrected chi connectivity index (χ2v) is 10.3. The lowest BCUT2D eigenvalue weighted by atomic mass is 9.93.